The summed E-state index contributed by atoms with van der Waals surface area (Å²) in [5, 5.41) is 0. The van der Waals surface area contributed by atoms with Crippen molar-refractivity contribution in [1.82, 2.24) is 0 Å². The first-order valence-corrected chi connectivity index (χ1v) is 6.76. The normalized spacial score (nSPS) is 20.6. The van der Waals surface area contributed by atoms with Crippen LogP contribution in [0, 0.1) is 17.8 Å². The van der Waals surface area contributed by atoms with Gasteiger partial charge in [-0.25, -0.2) is 0 Å². The minimum atomic E-state index is 0.975. The van der Waals surface area contributed by atoms with Crippen LogP contribution in [0.4, 0.5) is 0 Å². The summed E-state index contributed by atoms with van der Waals surface area (Å²) in [5.41, 5.74) is 0. The van der Waals surface area contributed by atoms with E-state index in [1.807, 2.05) is 0 Å². The Morgan fingerprint density at radius 3 is 2.14 bits per heavy atom. The predicted molar refractivity (Wildman–Crippen MR) is 64.4 cm³/mol. The van der Waals surface area contributed by atoms with Gasteiger partial charge in [0.1, 0.15) is 0 Å². The van der Waals surface area contributed by atoms with E-state index in [1.165, 1.54) is 51.4 Å². The highest BCUT2D eigenvalue weighted by Gasteiger charge is 2.19. The zero-order valence-corrected chi connectivity index (χ0v) is 10.4. The molecule has 0 saturated heterocycles. The van der Waals surface area contributed by atoms with Crippen LogP contribution < -0.4 is 0 Å². The van der Waals surface area contributed by atoms with Gasteiger partial charge in [-0.1, -0.05) is 59.3 Å². The molecule has 0 bridgehead atoms. The largest absolute Gasteiger partial charge is 0.0651 e. The summed E-state index contributed by atoms with van der Waals surface area (Å²) in [7, 11) is 0. The van der Waals surface area contributed by atoms with E-state index < -0.39 is 0 Å². The molecule has 14 heavy (non-hydrogen) atoms. The van der Waals surface area contributed by atoms with Crippen molar-refractivity contribution in [3.05, 3.63) is 0 Å². The maximum Gasteiger partial charge on any atom is -0.0412 e. The van der Waals surface area contributed by atoms with E-state index in [9.17, 15) is 0 Å². The second-order valence-electron chi connectivity index (χ2n) is 5.41. The highest BCUT2D eigenvalue weighted by Crippen LogP contribution is 2.32. The topological polar surface area (TPSA) is 0 Å². The molecule has 0 heterocycles. The van der Waals surface area contributed by atoms with Crippen molar-refractivity contribution in [2.24, 2.45) is 17.8 Å². The Morgan fingerprint density at radius 2 is 1.64 bits per heavy atom. The lowest BCUT2D eigenvalue weighted by molar-refractivity contribution is 0.313. The summed E-state index contributed by atoms with van der Waals surface area (Å²) in [6.07, 6.45) is 11.8. The molecule has 1 fully saturated rings. The zero-order chi connectivity index (χ0) is 10.4. The van der Waals surface area contributed by atoms with E-state index in [0.29, 0.717) is 0 Å². The molecule has 0 aromatic rings. The van der Waals surface area contributed by atoms with Crippen LogP contribution in [0.1, 0.15) is 72.1 Å². The van der Waals surface area contributed by atoms with Crippen molar-refractivity contribution in [3.63, 3.8) is 0 Å². The minimum Gasteiger partial charge on any atom is -0.0651 e. The Labute approximate surface area is 90.5 Å². The van der Waals surface area contributed by atoms with Crippen LogP contribution in [-0.4, -0.2) is 0 Å². The second-order valence-corrected chi connectivity index (χ2v) is 5.41. The fraction of sp³-hybridized carbons (Fsp3) is 1.00. The van der Waals surface area contributed by atoms with Crippen molar-refractivity contribution in [3.8, 4) is 0 Å². The van der Waals surface area contributed by atoms with Gasteiger partial charge in [0, 0.05) is 0 Å². The highest BCUT2D eigenvalue weighted by atomic mass is 14.2. The Balaban J connectivity index is 2.16. The number of rotatable bonds is 6. The summed E-state index contributed by atoms with van der Waals surface area (Å²) < 4.78 is 0. The van der Waals surface area contributed by atoms with Gasteiger partial charge in [0.2, 0.25) is 0 Å². The predicted octanol–water partition coefficient (Wildman–Crippen LogP) is 5.03. The molecule has 0 heteroatoms. The Morgan fingerprint density at radius 1 is 1.07 bits per heavy atom. The maximum absolute atomic E-state index is 2.47. The third kappa shape index (κ3) is 4.02. The summed E-state index contributed by atoms with van der Waals surface area (Å²) in [6, 6.07) is 0. The average molecular weight is 196 g/mol. The van der Waals surface area contributed by atoms with E-state index in [2.05, 4.69) is 20.8 Å². The summed E-state index contributed by atoms with van der Waals surface area (Å²) in [6.45, 7) is 7.16. The van der Waals surface area contributed by atoms with Gasteiger partial charge in [-0.05, 0) is 30.6 Å². The fourth-order valence-corrected chi connectivity index (χ4v) is 3.10. The molecule has 0 N–H and O–H groups in total. The monoisotopic (exact) mass is 196 g/mol. The minimum absolute atomic E-state index is 0.975. The maximum atomic E-state index is 2.47. The first kappa shape index (κ1) is 12.1. The molecule has 0 unspecified atom stereocenters. The zero-order valence-electron chi connectivity index (χ0n) is 10.4. The van der Waals surface area contributed by atoms with Crippen LogP contribution in [0.25, 0.3) is 0 Å². The molecule has 84 valence electrons. The first-order valence-electron chi connectivity index (χ1n) is 6.76. The first-order chi connectivity index (χ1) is 6.76. The van der Waals surface area contributed by atoms with Gasteiger partial charge in [-0.3, -0.25) is 0 Å². The third-order valence-corrected chi connectivity index (χ3v) is 4.10. The molecule has 1 aliphatic carbocycles. The van der Waals surface area contributed by atoms with Gasteiger partial charge < -0.3 is 0 Å². The summed E-state index contributed by atoms with van der Waals surface area (Å²) >= 11 is 0. The van der Waals surface area contributed by atoms with Gasteiger partial charge in [0.15, 0.2) is 0 Å². The van der Waals surface area contributed by atoms with Gasteiger partial charge in [-0.15, -0.1) is 0 Å². The van der Waals surface area contributed by atoms with Gasteiger partial charge in [0.25, 0.3) is 0 Å². The average Bonchev–Trinajstić information content (AvgIpc) is 2.66. The SMILES string of the molecule is CCC(CC)C[C@H](C)CC1CCCC1. The summed E-state index contributed by atoms with van der Waals surface area (Å²) in [5.74, 6) is 3.05. The molecule has 1 rings (SSSR count). The molecule has 1 atom stereocenters. The van der Waals surface area contributed by atoms with Gasteiger partial charge >= 0.3 is 0 Å². The van der Waals surface area contributed by atoms with Crippen LogP contribution in [-0.2, 0) is 0 Å². The molecule has 0 spiro atoms. The highest BCUT2D eigenvalue weighted by molar-refractivity contribution is 4.71. The molecule has 1 aliphatic rings. The fourth-order valence-electron chi connectivity index (χ4n) is 3.10. The molecule has 0 nitrogen and oxygen atoms in total. The lowest BCUT2D eigenvalue weighted by atomic mass is 9.85. The van der Waals surface area contributed by atoms with E-state index in [1.54, 1.807) is 0 Å². The van der Waals surface area contributed by atoms with Crippen LogP contribution in [0.5, 0.6) is 0 Å². The molecule has 1 saturated carbocycles. The van der Waals surface area contributed by atoms with Crippen LogP contribution in [0.2, 0.25) is 0 Å². The third-order valence-electron chi connectivity index (χ3n) is 4.10. The number of hydrogen-bond acceptors (Lipinski definition) is 0. The quantitative estimate of drug-likeness (QED) is 0.559. The molecule has 0 aromatic heterocycles. The van der Waals surface area contributed by atoms with E-state index in [-0.39, 0.29) is 0 Å². The molecular weight excluding hydrogens is 168 g/mol. The van der Waals surface area contributed by atoms with E-state index >= 15 is 0 Å². The Bertz CT molecular complexity index is 125. The van der Waals surface area contributed by atoms with Gasteiger partial charge in [-0.2, -0.15) is 0 Å². The van der Waals surface area contributed by atoms with Crippen molar-refractivity contribution in [2.75, 3.05) is 0 Å². The number of hydrogen-bond donors (Lipinski definition) is 0. The van der Waals surface area contributed by atoms with Crippen LogP contribution in [0.3, 0.4) is 0 Å². The van der Waals surface area contributed by atoms with Crippen molar-refractivity contribution >= 4 is 0 Å². The second kappa shape index (κ2) is 6.48. The molecular formula is C14H28. The summed E-state index contributed by atoms with van der Waals surface area (Å²) in [4.78, 5) is 0. The standard InChI is InChI=1S/C14H28/c1-4-13(5-2)10-12(3)11-14-8-6-7-9-14/h12-14H,4-11H2,1-3H3/t12-/m0/s1. The molecule has 0 aliphatic heterocycles. The van der Waals surface area contributed by atoms with Crippen LogP contribution >= 0.6 is 0 Å². The molecule has 0 aromatic carbocycles. The Kier molecular flexibility index (Phi) is 5.59. The van der Waals surface area contributed by atoms with Crippen molar-refractivity contribution < 1.29 is 0 Å². The lowest BCUT2D eigenvalue weighted by Gasteiger charge is -2.20. The molecule has 0 amide bonds. The smallest absolute Gasteiger partial charge is 0.0412 e. The van der Waals surface area contributed by atoms with E-state index in [0.717, 1.165) is 17.8 Å². The van der Waals surface area contributed by atoms with Gasteiger partial charge in [0.05, 0.1) is 0 Å². The van der Waals surface area contributed by atoms with Crippen LogP contribution in [0.15, 0.2) is 0 Å². The lowest BCUT2D eigenvalue weighted by Crippen LogP contribution is -2.08. The van der Waals surface area contributed by atoms with Crippen molar-refractivity contribution in [2.45, 2.75) is 72.1 Å². The molecule has 0 radical (unpaired) electrons. The van der Waals surface area contributed by atoms with Crippen molar-refractivity contribution in [1.29, 1.82) is 0 Å². The van der Waals surface area contributed by atoms with E-state index in [4.69, 9.17) is 0 Å². The Hall–Kier alpha value is 0.